The van der Waals surface area contributed by atoms with E-state index in [9.17, 15) is 4.39 Å². The molecule has 0 aliphatic heterocycles. The highest BCUT2D eigenvalue weighted by Gasteiger charge is 2.11. The highest BCUT2D eigenvalue weighted by Crippen LogP contribution is 2.35. The van der Waals surface area contributed by atoms with Gasteiger partial charge in [-0.2, -0.15) is 0 Å². The second-order valence-corrected chi connectivity index (χ2v) is 6.43. The Kier molecular flexibility index (Phi) is 4.10. The van der Waals surface area contributed by atoms with Crippen molar-refractivity contribution in [1.29, 1.82) is 0 Å². The number of hydrogen-bond donors (Lipinski definition) is 1. The van der Waals surface area contributed by atoms with Gasteiger partial charge in [0.05, 0.1) is 21.9 Å². The lowest BCUT2D eigenvalue weighted by Gasteiger charge is -2.12. The molecule has 0 aliphatic rings. The van der Waals surface area contributed by atoms with E-state index < -0.39 is 5.82 Å². The molecule has 1 aromatic carbocycles. The van der Waals surface area contributed by atoms with E-state index in [0.29, 0.717) is 15.7 Å². The topological polar surface area (TPSA) is 37.8 Å². The first-order valence-corrected chi connectivity index (χ1v) is 7.83. The highest BCUT2D eigenvalue weighted by molar-refractivity contribution is 9.10. The first-order chi connectivity index (χ1) is 10.0. The summed E-state index contributed by atoms with van der Waals surface area (Å²) in [6, 6.07) is 6.26. The first-order valence-electron chi connectivity index (χ1n) is 5.86. The van der Waals surface area contributed by atoms with Gasteiger partial charge in [-0.25, -0.2) is 4.39 Å². The number of fused-ring (bicyclic) bond motifs is 1. The van der Waals surface area contributed by atoms with Crippen molar-refractivity contribution in [1.82, 2.24) is 9.97 Å². The largest absolute Gasteiger partial charge is 0.352 e. The zero-order valence-corrected chi connectivity index (χ0v) is 14.3. The number of pyridine rings is 2. The normalized spacial score (nSPS) is 10.9. The molecule has 0 saturated heterocycles. The van der Waals surface area contributed by atoms with E-state index in [0.717, 1.165) is 15.7 Å². The molecule has 3 nitrogen and oxygen atoms in total. The van der Waals surface area contributed by atoms with Gasteiger partial charge < -0.3 is 5.32 Å². The molecule has 3 aromatic rings. The molecular weight excluding hydrogens is 424 g/mol. The number of halogens is 4. The Hall–Kier alpha value is -1.24. The molecule has 0 aliphatic carbocycles. The van der Waals surface area contributed by atoms with Crippen LogP contribution in [0.2, 0.25) is 5.02 Å². The molecule has 106 valence electrons. The van der Waals surface area contributed by atoms with Crippen molar-refractivity contribution in [2.24, 2.45) is 0 Å². The highest BCUT2D eigenvalue weighted by atomic mass is 79.9. The van der Waals surface area contributed by atoms with Gasteiger partial charge in [0, 0.05) is 21.3 Å². The van der Waals surface area contributed by atoms with Crippen LogP contribution in [0.25, 0.3) is 11.0 Å². The van der Waals surface area contributed by atoms with Crippen LogP contribution in [-0.2, 0) is 0 Å². The summed E-state index contributed by atoms with van der Waals surface area (Å²) in [7, 11) is 0. The van der Waals surface area contributed by atoms with Crippen LogP contribution >= 0.6 is 43.5 Å². The van der Waals surface area contributed by atoms with Crippen molar-refractivity contribution < 1.29 is 4.39 Å². The van der Waals surface area contributed by atoms with Crippen molar-refractivity contribution in [2.75, 3.05) is 5.32 Å². The minimum atomic E-state index is -0.404. The molecule has 0 fully saturated rings. The van der Waals surface area contributed by atoms with Crippen LogP contribution in [0.1, 0.15) is 0 Å². The third-order valence-electron chi connectivity index (χ3n) is 2.81. The molecular formula is C14H7Br2ClFN3. The fourth-order valence-corrected chi connectivity index (χ4v) is 3.12. The Labute approximate surface area is 141 Å². The first kappa shape index (κ1) is 14.7. The number of rotatable bonds is 2. The van der Waals surface area contributed by atoms with E-state index in [1.807, 2.05) is 6.07 Å². The van der Waals surface area contributed by atoms with E-state index in [2.05, 4.69) is 47.1 Å². The van der Waals surface area contributed by atoms with Crippen LogP contribution in [-0.4, -0.2) is 9.97 Å². The second kappa shape index (κ2) is 5.87. The summed E-state index contributed by atoms with van der Waals surface area (Å²) in [5.74, 6) is -0.404. The van der Waals surface area contributed by atoms with Crippen molar-refractivity contribution in [3.8, 4) is 0 Å². The van der Waals surface area contributed by atoms with E-state index in [1.54, 1.807) is 18.5 Å². The fourth-order valence-electron chi connectivity index (χ4n) is 1.90. The summed E-state index contributed by atoms with van der Waals surface area (Å²) in [4.78, 5) is 8.62. The average molecular weight is 431 g/mol. The van der Waals surface area contributed by atoms with Crippen molar-refractivity contribution >= 4 is 65.9 Å². The zero-order valence-electron chi connectivity index (χ0n) is 10.4. The third kappa shape index (κ3) is 3.02. The average Bonchev–Trinajstić information content (AvgIpc) is 2.42. The van der Waals surface area contributed by atoms with Gasteiger partial charge in [0.2, 0.25) is 0 Å². The third-order valence-corrected chi connectivity index (χ3v) is 4.17. The lowest BCUT2D eigenvalue weighted by molar-refractivity contribution is 0.627. The van der Waals surface area contributed by atoms with Crippen LogP contribution in [0.5, 0.6) is 0 Å². The van der Waals surface area contributed by atoms with Crippen molar-refractivity contribution in [2.45, 2.75) is 0 Å². The molecule has 3 rings (SSSR count). The van der Waals surface area contributed by atoms with Gasteiger partial charge in [0.15, 0.2) is 0 Å². The van der Waals surface area contributed by atoms with Gasteiger partial charge in [-0.3, -0.25) is 9.97 Å². The van der Waals surface area contributed by atoms with Crippen LogP contribution in [0.4, 0.5) is 15.8 Å². The fraction of sp³-hybridized carbons (Fsp3) is 0. The van der Waals surface area contributed by atoms with Crippen LogP contribution < -0.4 is 5.32 Å². The molecule has 0 spiro atoms. The SMILES string of the molecule is Fc1cc(Cl)c(Nc2ccnc3cc(Br)cnc23)c(Br)c1. The predicted molar refractivity (Wildman–Crippen MR) is 89.6 cm³/mol. The Balaban J connectivity index is 2.11. The molecule has 21 heavy (non-hydrogen) atoms. The number of anilines is 2. The van der Waals surface area contributed by atoms with E-state index in [-0.39, 0.29) is 5.02 Å². The summed E-state index contributed by atoms with van der Waals surface area (Å²) < 4.78 is 14.7. The number of aromatic nitrogens is 2. The maximum Gasteiger partial charge on any atom is 0.125 e. The Morgan fingerprint density at radius 1 is 1.14 bits per heavy atom. The van der Waals surface area contributed by atoms with Crippen LogP contribution in [0.15, 0.2) is 45.6 Å². The molecule has 0 unspecified atom stereocenters. The number of benzene rings is 1. The van der Waals surface area contributed by atoms with E-state index in [1.165, 1.54) is 12.1 Å². The zero-order chi connectivity index (χ0) is 15.0. The van der Waals surface area contributed by atoms with E-state index >= 15 is 0 Å². The van der Waals surface area contributed by atoms with Crippen molar-refractivity contribution in [3.05, 3.63) is 56.4 Å². The minimum absolute atomic E-state index is 0.281. The lowest BCUT2D eigenvalue weighted by Crippen LogP contribution is -1.96. The monoisotopic (exact) mass is 429 g/mol. The molecule has 7 heteroatoms. The Morgan fingerprint density at radius 2 is 1.95 bits per heavy atom. The second-order valence-electron chi connectivity index (χ2n) is 4.25. The van der Waals surface area contributed by atoms with Crippen LogP contribution in [0.3, 0.4) is 0 Å². The van der Waals surface area contributed by atoms with Crippen molar-refractivity contribution in [3.63, 3.8) is 0 Å². The summed E-state index contributed by atoms with van der Waals surface area (Å²) in [6.07, 6.45) is 3.36. The summed E-state index contributed by atoms with van der Waals surface area (Å²) in [5.41, 5.74) is 2.76. The Morgan fingerprint density at radius 3 is 2.71 bits per heavy atom. The molecule has 0 amide bonds. The molecule has 1 N–H and O–H groups in total. The molecule has 0 saturated carbocycles. The quantitative estimate of drug-likeness (QED) is 0.566. The smallest absolute Gasteiger partial charge is 0.125 e. The maximum atomic E-state index is 13.3. The molecule has 0 atom stereocenters. The summed E-state index contributed by atoms with van der Waals surface area (Å²) in [5, 5.41) is 3.45. The molecule has 2 heterocycles. The van der Waals surface area contributed by atoms with E-state index in [4.69, 9.17) is 11.6 Å². The van der Waals surface area contributed by atoms with Gasteiger partial charge in [-0.1, -0.05) is 11.6 Å². The van der Waals surface area contributed by atoms with Gasteiger partial charge in [0.1, 0.15) is 11.3 Å². The number of hydrogen-bond acceptors (Lipinski definition) is 3. The molecule has 2 aromatic heterocycles. The molecule has 0 bridgehead atoms. The number of nitrogens with zero attached hydrogens (tertiary/aromatic N) is 2. The van der Waals surface area contributed by atoms with Gasteiger partial charge >= 0.3 is 0 Å². The maximum absolute atomic E-state index is 13.3. The number of nitrogens with one attached hydrogen (secondary N) is 1. The van der Waals surface area contributed by atoms with Gasteiger partial charge in [-0.15, -0.1) is 0 Å². The van der Waals surface area contributed by atoms with Crippen LogP contribution in [0, 0.1) is 5.82 Å². The molecule has 0 radical (unpaired) electrons. The Bertz CT molecular complexity index is 819. The summed E-state index contributed by atoms with van der Waals surface area (Å²) >= 11 is 12.7. The lowest BCUT2D eigenvalue weighted by atomic mass is 10.2. The summed E-state index contributed by atoms with van der Waals surface area (Å²) in [6.45, 7) is 0. The van der Waals surface area contributed by atoms with Gasteiger partial charge in [-0.05, 0) is 56.1 Å². The minimum Gasteiger partial charge on any atom is -0.352 e. The van der Waals surface area contributed by atoms with Gasteiger partial charge in [0.25, 0.3) is 0 Å². The predicted octanol–water partition coefficient (Wildman–Crippen LogP) is 5.69. The standard InChI is InChI=1S/C14H7Br2ClFN3/c15-7-3-12-14(20-6-7)11(1-2-19-12)21-13-9(16)4-8(18)5-10(13)17/h1-6H,(H,19,21).